The summed E-state index contributed by atoms with van der Waals surface area (Å²) in [4.78, 5) is 13.7. The molecule has 0 atom stereocenters. The lowest BCUT2D eigenvalue weighted by Crippen LogP contribution is -2.13. The Morgan fingerprint density at radius 1 is 1.18 bits per heavy atom. The molecule has 1 amide bonds. The summed E-state index contributed by atoms with van der Waals surface area (Å²) in [6.45, 7) is 1.99. The van der Waals surface area contributed by atoms with Crippen LogP contribution < -0.4 is 5.32 Å². The molecule has 0 spiro atoms. The molecule has 0 saturated carbocycles. The first-order valence-electron chi connectivity index (χ1n) is 6.69. The number of hydrogen-bond acceptors (Lipinski definition) is 3. The first-order valence-corrected chi connectivity index (χ1v) is 7.48. The van der Waals surface area contributed by atoms with E-state index in [2.05, 4.69) is 31.4 Å². The van der Waals surface area contributed by atoms with Gasteiger partial charge in [0, 0.05) is 4.47 Å². The van der Waals surface area contributed by atoms with Crippen molar-refractivity contribution in [3.05, 3.63) is 70.5 Å². The van der Waals surface area contributed by atoms with Crippen molar-refractivity contribution in [1.29, 1.82) is 0 Å². The summed E-state index contributed by atoms with van der Waals surface area (Å²) in [5.41, 5.74) is 2.87. The lowest BCUT2D eigenvalue weighted by molar-refractivity contribution is 0.102. The molecule has 1 heterocycles. The number of aromatic nitrogens is 3. The van der Waals surface area contributed by atoms with Gasteiger partial charge in [-0.05, 0) is 52.7 Å². The zero-order valence-corrected chi connectivity index (χ0v) is 13.4. The van der Waals surface area contributed by atoms with Gasteiger partial charge in [0.25, 0.3) is 5.91 Å². The first-order chi connectivity index (χ1) is 10.6. The minimum Gasteiger partial charge on any atom is -0.319 e. The molecule has 0 bridgehead atoms. The average molecular weight is 357 g/mol. The molecule has 1 aromatic heterocycles. The number of anilines is 1. The van der Waals surface area contributed by atoms with Crippen LogP contribution in [0.5, 0.6) is 0 Å². The smallest absolute Gasteiger partial charge is 0.277 e. The van der Waals surface area contributed by atoms with Gasteiger partial charge in [-0.2, -0.15) is 9.90 Å². The molecule has 0 radical (unpaired) electrons. The Morgan fingerprint density at radius 3 is 2.68 bits per heavy atom. The number of nitrogens with one attached hydrogen (secondary N) is 1. The standard InChI is InChI=1S/C16H13BrN4O/c1-11-7-8-14(13(17)9-11)19-16(22)15-10-18-21(20-15)12-5-3-2-4-6-12/h2-10H,1H3,(H,19,22). The minimum atomic E-state index is -0.299. The third-order valence-corrected chi connectivity index (χ3v) is 3.74. The van der Waals surface area contributed by atoms with Crippen molar-refractivity contribution in [2.24, 2.45) is 0 Å². The molecular weight excluding hydrogens is 344 g/mol. The Bertz CT molecular complexity index is 814. The van der Waals surface area contributed by atoms with Crippen molar-refractivity contribution in [3.63, 3.8) is 0 Å². The van der Waals surface area contributed by atoms with E-state index in [1.165, 1.54) is 11.0 Å². The largest absolute Gasteiger partial charge is 0.319 e. The van der Waals surface area contributed by atoms with Gasteiger partial charge in [-0.3, -0.25) is 4.79 Å². The summed E-state index contributed by atoms with van der Waals surface area (Å²) in [6, 6.07) is 15.2. The molecule has 22 heavy (non-hydrogen) atoms. The zero-order chi connectivity index (χ0) is 15.5. The number of amides is 1. The third-order valence-electron chi connectivity index (χ3n) is 3.08. The van der Waals surface area contributed by atoms with Crippen molar-refractivity contribution < 1.29 is 4.79 Å². The van der Waals surface area contributed by atoms with Gasteiger partial charge in [-0.25, -0.2) is 0 Å². The molecule has 3 rings (SSSR count). The summed E-state index contributed by atoms with van der Waals surface area (Å²) in [5, 5.41) is 11.1. The molecule has 110 valence electrons. The maximum absolute atomic E-state index is 12.2. The molecule has 0 unspecified atom stereocenters. The maximum atomic E-state index is 12.2. The van der Waals surface area contributed by atoms with E-state index < -0.39 is 0 Å². The Hall–Kier alpha value is -2.47. The maximum Gasteiger partial charge on any atom is 0.277 e. The lowest BCUT2D eigenvalue weighted by Gasteiger charge is -2.06. The predicted octanol–water partition coefficient (Wildman–Crippen LogP) is 3.59. The van der Waals surface area contributed by atoms with Crippen molar-refractivity contribution in [1.82, 2.24) is 15.0 Å². The monoisotopic (exact) mass is 356 g/mol. The summed E-state index contributed by atoms with van der Waals surface area (Å²) in [6.07, 6.45) is 1.45. The number of benzene rings is 2. The fourth-order valence-electron chi connectivity index (χ4n) is 1.96. The third kappa shape index (κ3) is 3.07. The molecule has 0 aliphatic carbocycles. The molecular formula is C16H13BrN4O. The van der Waals surface area contributed by atoms with E-state index in [0.717, 1.165) is 15.7 Å². The first kappa shape index (κ1) is 14.5. The van der Waals surface area contributed by atoms with Crippen LogP contribution in [0, 0.1) is 6.92 Å². The van der Waals surface area contributed by atoms with Crippen molar-refractivity contribution in [2.45, 2.75) is 6.92 Å². The molecule has 1 N–H and O–H groups in total. The second kappa shape index (κ2) is 6.11. The van der Waals surface area contributed by atoms with Crippen LogP contribution in [-0.4, -0.2) is 20.9 Å². The van der Waals surface area contributed by atoms with Gasteiger partial charge in [-0.1, -0.05) is 24.3 Å². The number of rotatable bonds is 3. The van der Waals surface area contributed by atoms with E-state index in [9.17, 15) is 4.79 Å². The van der Waals surface area contributed by atoms with E-state index in [1.807, 2.05) is 55.5 Å². The molecule has 0 saturated heterocycles. The van der Waals surface area contributed by atoms with E-state index in [-0.39, 0.29) is 11.6 Å². The number of para-hydroxylation sites is 1. The Labute approximate surface area is 136 Å². The van der Waals surface area contributed by atoms with Gasteiger partial charge < -0.3 is 5.32 Å². The Balaban J connectivity index is 1.80. The van der Waals surface area contributed by atoms with Crippen molar-refractivity contribution in [2.75, 3.05) is 5.32 Å². The van der Waals surface area contributed by atoms with Crippen LogP contribution in [0.3, 0.4) is 0 Å². The second-order valence-corrected chi connectivity index (χ2v) is 5.65. The van der Waals surface area contributed by atoms with Crippen LogP contribution in [-0.2, 0) is 0 Å². The number of nitrogens with zero attached hydrogens (tertiary/aromatic N) is 3. The van der Waals surface area contributed by atoms with Gasteiger partial charge in [0.1, 0.15) is 0 Å². The molecule has 2 aromatic carbocycles. The van der Waals surface area contributed by atoms with Gasteiger partial charge >= 0.3 is 0 Å². The highest BCUT2D eigenvalue weighted by Crippen LogP contribution is 2.23. The molecule has 3 aromatic rings. The molecule has 0 aliphatic heterocycles. The SMILES string of the molecule is Cc1ccc(NC(=O)c2cnn(-c3ccccc3)n2)c(Br)c1. The summed E-state index contributed by atoms with van der Waals surface area (Å²) in [5.74, 6) is -0.299. The van der Waals surface area contributed by atoms with E-state index >= 15 is 0 Å². The van der Waals surface area contributed by atoms with Gasteiger partial charge in [-0.15, -0.1) is 5.10 Å². The summed E-state index contributed by atoms with van der Waals surface area (Å²) < 4.78 is 0.830. The van der Waals surface area contributed by atoms with Gasteiger partial charge in [0.2, 0.25) is 0 Å². The lowest BCUT2D eigenvalue weighted by atomic mass is 10.2. The highest BCUT2D eigenvalue weighted by molar-refractivity contribution is 9.10. The van der Waals surface area contributed by atoms with Crippen molar-refractivity contribution >= 4 is 27.5 Å². The molecule has 0 aliphatic rings. The molecule has 5 nitrogen and oxygen atoms in total. The average Bonchev–Trinajstić information content (AvgIpc) is 3.01. The number of carbonyl (C=O) groups is 1. The van der Waals surface area contributed by atoms with Crippen LogP contribution in [0.15, 0.2) is 59.2 Å². The second-order valence-electron chi connectivity index (χ2n) is 4.79. The van der Waals surface area contributed by atoms with Crippen molar-refractivity contribution in [3.8, 4) is 5.69 Å². The summed E-state index contributed by atoms with van der Waals surface area (Å²) >= 11 is 3.43. The van der Waals surface area contributed by atoms with E-state index in [4.69, 9.17) is 0 Å². The molecule has 0 fully saturated rings. The highest BCUT2D eigenvalue weighted by Gasteiger charge is 2.13. The number of aryl methyl sites for hydroxylation is 1. The van der Waals surface area contributed by atoms with Crippen LogP contribution in [0.4, 0.5) is 5.69 Å². The van der Waals surface area contributed by atoms with Crippen LogP contribution in [0.1, 0.15) is 16.1 Å². The van der Waals surface area contributed by atoms with Crippen LogP contribution in [0.25, 0.3) is 5.69 Å². The predicted molar refractivity (Wildman–Crippen MR) is 88.2 cm³/mol. The van der Waals surface area contributed by atoms with Gasteiger partial charge in [0.05, 0.1) is 17.6 Å². The highest BCUT2D eigenvalue weighted by atomic mass is 79.9. The topological polar surface area (TPSA) is 59.8 Å². The summed E-state index contributed by atoms with van der Waals surface area (Å²) in [7, 11) is 0. The fourth-order valence-corrected chi connectivity index (χ4v) is 2.55. The number of halogens is 1. The zero-order valence-electron chi connectivity index (χ0n) is 11.8. The Morgan fingerprint density at radius 2 is 1.95 bits per heavy atom. The fraction of sp³-hybridized carbons (Fsp3) is 0.0625. The van der Waals surface area contributed by atoms with E-state index in [0.29, 0.717) is 5.69 Å². The quantitative estimate of drug-likeness (QED) is 0.779. The van der Waals surface area contributed by atoms with Gasteiger partial charge in [0.15, 0.2) is 5.69 Å². The number of hydrogen-bond donors (Lipinski definition) is 1. The van der Waals surface area contributed by atoms with Crippen LogP contribution in [0.2, 0.25) is 0 Å². The minimum absolute atomic E-state index is 0.260. The van der Waals surface area contributed by atoms with Crippen LogP contribution >= 0.6 is 15.9 Å². The van der Waals surface area contributed by atoms with E-state index in [1.54, 1.807) is 0 Å². The Kier molecular flexibility index (Phi) is 4.02. The normalized spacial score (nSPS) is 10.5. The molecule has 6 heteroatoms. The number of carbonyl (C=O) groups excluding carboxylic acids is 1.